The molecule has 0 fully saturated rings. The van der Waals surface area contributed by atoms with E-state index in [0.717, 1.165) is 12.1 Å². The lowest BCUT2D eigenvalue weighted by Crippen LogP contribution is -2.26. The molecular formula is C25H17F2NO7. The fourth-order valence-electron chi connectivity index (χ4n) is 3.64. The molecule has 1 aliphatic carbocycles. The average Bonchev–Trinajstić information content (AvgIpc) is 2.85. The number of fused-ring (bicyclic) bond motifs is 2. The quantitative estimate of drug-likeness (QED) is 0.399. The van der Waals surface area contributed by atoms with E-state index in [4.69, 9.17) is 9.47 Å². The van der Waals surface area contributed by atoms with Gasteiger partial charge in [-0.25, -0.2) is 4.79 Å². The Balaban J connectivity index is 1.46. The van der Waals surface area contributed by atoms with Crippen LogP contribution in [-0.2, 0) is 9.53 Å². The van der Waals surface area contributed by atoms with Gasteiger partial charge in [0.15, 0.2) is 29.7 Å². The van der Waals surface area contributed by atoms with Gasteiger partial charge >= 0.3 is 12.6 Å². The molecule has 35 heavy (non-hydrogen) atoms. The van der Waals surface area contributed by atoms with Gasteiger partial charge in [0.2, 0.25) is 0 Å². The Hall–Kier alpha value is -4.60. The normalized spacial score (nSPS) is 12.0. The van der Waals surface area contributed by atoms with Gasteiger partial charge in [-0.3, -0.25) is 14.4 Å². The minimum atomic E-state index is -3.08. The highest BCUT2D eigenvalue weighted by atomic mass is 19.3. The van der Waals surface area contributed by atoms with Crippen molar-refractivity contribution < 1.29 is 42.2 Å². The highest BCUT2D eigenvalue weighted by Gasteiger charge is 2.31. The molecule has 0 atom stereocenters. The van der Waals surface area contributed by atoms with Crippen molar-refractivity contribution in [2.75, 3.05) is 19.0 Å². The van der Waals surface area contributed by atoms with Crippen LogP contribution >= 0.6 is 0 Å². The highest BCUT2D eigenvalue weighted by molar-refractivity contribution is 6.30. The first-order valence-corrected chi connectivity index (χ1v) is 10.2. The molecule has 0 bridgehead atoms. The molecule has 0 heterocycles. The summed E-state index contributed by atoms with van der Waals surface area (Å²) in [5, 5.41) is 2.49. The first-order valence-electron chi connectivity index (χ1n) is 10.2. The average molecular weight is 481 g/mol. The number of hydrogen-bond acceptors (Lipinski definition) is 7. The molecule has 10 heteroatoms. The number of benzene rings is 3. The molecule has 3 aromatic rings. The van der Waals surface area contributed by atoms with Crippen LogP contribution in [-0.4, -0.2) is 43.8 Å². The first-order chi connectivity index (χ1) is 16.8. The van der Waals surface area contributed by atoms with Crippen molar-refractivity contribution in [3.8, 4) is 11.5 Å². The maximum absolute atomic E-state index is 13.0. The van der Waals surface area contributed by atoms with Gasteiger partial charge in [0.25, 0.3) is 5.91 Å². The molecule has 0 radical (unpaired) electrons. The van der Waals surface area contributed by atoms with Crippen LogP contribution in [0.3, 0.4) is 0 Å². The Kier molecular flexibility index (Phi) is 6.54. The number of anilines is 1. The lowest BCUT2D eigenvalue weighted by molar-refractivity contribution is -0.119. The Morgan fingerprint density at radius 2 is 1.57 bits per heavy atom. The Bertz CT molecular complexity index is 1350. The third-order valence-electron chi connectivity index (χ3n) is 5.18. The largest absolute Gasteiger partial charge is 0.493 e. The summed E-state index contributed by atoms with van der Waals surface area (Å²) < 4.78 is 39.1. The summed E-state index contributed by atoms with van der Waals surface area (Å²) in [6, 6.07) is 14.3. The van der Waals surface area contributed by atoms with Gasteiger partial charge in [-0.1, -0.05) is 36.4 Å². The predicted molar refractivity (Wildman–Crippen MR) is 118 cm³/mol. The van der Waals surface area contributed by atoms with Crippen molar-refractivity contribution >= 4 is 29.1 Å². The van der Waals surface area contributed by atoms with Crippen LogP contribution in [0.2, 0.25) is 0 Å². The van der Waals surface area contributed by atoms with Crippen LogP contribution in [0, 0.1) is 0 Å². The van der Waals surface area contributed by atoms with Crippen LogP contribution in [0.4, 0.5) is 14.5 Å². The summed E-state index contributed by atoms with van der Waals surface area (Å²) >= 11 is 0. The molecule has 0 aromatic heterocycles. The fraction of sp³-hybridized carbons (Fsp3) is 0.120. The van der Waals surface area contributed by atoms with Crippen molar-refractivity contribution in [2.45, 2.75) is 6.61 Å². The van der Waals surface area contributed by atoms with Crippen LogP contribution < -0.4 is 14.8 Å². The lowest BCUT2D eigenvalue weighted by atomic mass is 9.83. The fourth-order valence-corrected chi connectivity index (χ4v) is 3.64. The molecule has 0 unspecified atom stereocenters. The molecular weight excluding hydrogens is 464 g/mol. The molecule has 3 aromatic carbocycles. The summed E-state index contributed by atoms with van der Waals surface area (Å²) in [6.45, 7) is -3.79. The summed E-state index contributed by atoms with van der Waals surface area (Å²) in [5.74, 6) is -2.82. The Morgan fingerprint density at radius 3 is 2.26 bits per heavy atom. The number of ether oxygens (including phenoxy) is 3. The minimum Gasteiger partial charge on any atom is -0.493 e. The predicted octanol–water partition coefficient (Wildman–Crippen LogP) is 3.87. The van der Waals surface area contributed by atoms with Crippen LogP contribution in [0.25, 0.3) is 0 Å². The minimum absolute atomic E-state index is 0.0511. The molecule has 0 spiro atoms. The van der Waals surface area contributed by atoms with Crippen LogP contribution in [0.15, 0.2) is 60.7 Å². The Morgan fingerprint density at radius 1 is 0.886 bits per heavy atom. The number of esters is 1. The van der Waals surface area contributed by atoms with Crippen molar-refractivity contribution in [1.29, 1.82) is 0 Å². The van der Waals surface area contributed by atoms with Crippen LogP contribution in [0.1, 0.15) is 42.2 Å². The molecule has 8 nitrogen and oxygen atoms in total. The zero-order valence-corrected chi connectivity index (χ0v) is 18.2. The van der Waals surface area contributed by atoms with E-state index in [2.05, 4.69) is 10.1 Å². The SMILES string of the molecule is COc1cc(C(=O)OCC(=O)Nc2cccc3c2C(=O)c2ccccc2C3=O)ccc1OC(F)F. The third kappa shape index (κ3) is 4.72. The number of amides is 1. The van der Waals surface area contributed by atoms with Gasteiger partial charge < -0.3 is 19.5 Å². The summed E-state index contributed by atoms with van der Waals surface area (Å²) in [5.41, 5.74) is 0.753. The zero-order chi connectivity index (χ0) is 25.1. The molecule has 178 valence electrons. The summed E-state index contributed by atoms with van der Waals surface area (Å²) in [4.78, 5) is 50.6. The third-order valence-corrected chi connectivity index (χ3v) is 5.18. The van der Waals surface area contributed by atoms with Gasteiger partial charge in [-0.2, -0.15) is 8.78 Å². The molecule has 1 N–H and O–H groups in total. The molecule has 0 aliphatic heterocycles. The van der Waals surface area contributed by atoms with E-state index in [1.165, 1.54) is 37.4 Å². The smallest absolute Gasteiger partial charge is 0.387 e. The lowest BCUT2D eigenvalue weighted by Gasteiger charge is -2.20. The summed E-state index contributed by atoms with van der Waals surface area (Å²) in [7, 11) is 1.21. The van der Waals surface area contributed by atoms with Crippen molar-refractivity contribution in [1.82, 2.24) is 0 Å². The number of halogens is 2. The Labute approximate surface area is 197 Å². The van der Waals surface area contributed by atoms with Gasteiger partial charge in [-0.15, -0.1) is 0 Å². The maximum atomic E-state index is 13.0. The van der Waals surface area contributed by atoms with Gasteiger partial charge in [0, 0.05) is 16.7 Å². The number of carbonyl (C=O) groups excluding carboxylic acids is 4. The van der Waals surface area contributed by atoms with E-state index in [0.29, 0.717) is 0 Å². The van der Waals surface area contributed by atoms with Gasteiger partial charge in [0.1, 0.15) is 0 Å². The van der Waals surface area contributed by atoms with Crippen molar-refractivity contribution in [2.24, 2.45) is 0 Å². The second-order valence-electron chi connectivity index (χ2n) is 7.30. The first kappa shape index (κ1) is 23.6. The second-order valence-corrected chi connectivity index (χ2v) is 7.30. The second kappa shape index (κ2) is 9.72. The standard InChI is InChI=1S/C25H17F2NO7/c1-33-19-11-13(9-10-18(19)35-25(26)27)24(32)34-12-20(29)28-17-8-4-7-16-21(17)23(31)15-6-3-2-5-14(15)22(16)30/h2-11,25H,12H2,1H3,(H,28,29). The van der Waals surface area contributed by atoms with E-state index in [1.807, 2.05) is 0 Å². The molecule has 1 aliphatic rings. The number of methoxy groups -OCH3 is 1. The highest BCUT2D eigenvalue weighted by Crippen LogP contribution is 2.32. The zero-order valence-electron chi connectivity index (χ0n) is 18.2. The van der Waals surface area contributed by atoms with Crippen molar-refractivity contribution in [3.05, 3.63) is 88.5 Å². The van der Waals surface area contributed by atoms with E-state index in [-0.39, 0.29) is 50.8 Å². The summed E-state index contributed by atoms with van der Waals surface area (Å²) in [6.07, 6.45) is 0. The number of nitrogens with one attached hydrogen (secondary N) is 1. The van der Waals surface area contributed by atoms with E-state index >= 15 is 0 Å². The monoisotopic (exact) mass is 481 g/mol. The molecule has 1 amide bonds. The van der Waals surface area contributed by atoms with Crippen LogP contribution in [0.5, 0.6) is 11.5 Å². The van der Waals surface area contributed by atoms with Gasteiger partial charge in [0.05, 0.1) is 23.9 Å². The van der Waals surface area contributed by atoms with Gasteiger partial charge in [-0.05, 0) is 24.3 Å². The van der Waals surface area contributed by atoms with E-state index < -0.39 is 30.9 Å². The molecule has 0 saturated carbocycles. The number of alkyl halides is 2. The number of carbonyl (C=O) groups is 4. The number of hydrogen-bond donors (Lipinski definition) is 1. The topological polar surface area (TPSA) is 108 Å². The molecule has 4 rings (SSSR count). The maximum Gasteiger partial charge on any atom is 0.387 e. The van der Waals surface area contributed by atoms with E-state index in [1.54, 1.807) is 18.2 Å². The van der Waals surface area contributed by atoms with E-state index in [9.17, 15) is 28.0 Å². The number of rotatable bonds is 7. The number of ketones is 2. The molecule has 0 saturated heterocycles. The van der Waals surface area contributed by atoms with Crippen molar-refractivity contribution in [3.63, 3.8) is 0 Å².